The van der Waals surface area contributed by atoms with Crippen LogP contribution in [-0.2, 0) is 25.5 Å². The molecule has 0 saturated heterocycles. The molecule has 0 aromatic heterocycles. The molecule has 0 amide bonds. The molecule has 0 unspecified atom stereocenters. The van der Waals surface area contributed by atoms with E-state index in [2.05, 4.69) is 6.92 Å². The van der Waals surface area contributed by atoms with Crippen molar-refractivity contribution in [2.75, 3.05) is 13.2 Å². The molecule has 1 aromatic carbocycles. The molecule has 0 saturated carbocycles. The van der Waals surface area contributed by atoms with Gasteiger partial charge in [-0.25, -0.2) is 0 Å². The Morgan fingerprint density at radius 3 is 2.36 bits per heavy atom. The highest BCUT2D eigenvalue weighted by Gasteiger charge is 2.09. The van der Waals surface area contributed by atoms with Crippen LogP contribution in [0.15, 0.2) is 24.3 Å². The SMILES string of the molecule is CCCCCOC(=O)CCC(=O)OCCc1cccc(Cl)c1. The van der Waals surface area contributed by atoms with Crippen molar-refractivity contribution < 1.29 is 19.1 Å². The molecule has 0 aliphatic rings. The highest BCUT2D eigenvalue weighted by atomic mass is 35.5. The summed E-state index contributed by atoms with van der Waals surface area (Å²) in [7, 11) is 0. The van der Waals surface area contributed by atoms with Crippen LogP contribution in [0.2, 0.25) is 5.02 Å². The molecular formula is C17H23ClO4. The molecule has 0 spiro atoms. The second kappa shape index (κ2) is 11.1. The van der Waals surface area contributed by atoms with Crippen LogP contribution in [0.4, 0.5) is 0 Å². The second-order valence-electron chi connectivity index (χ2n) is 5.03. The number of esters is 2. The third kappa shape index (κ3) is 8.67. The van der Waals surface area contributed by atoms with Crippen molar-refractivity contribution in [1.29, 1.82) is 0 Å². The summed E-state index contributed by atoms with van der Waals surface area (Å²) in [5.41, 5.74) is 1.01. The van der Waals surface area contributed by atoms with E-state index in [0.29, 0.717) is 18.1 Å². The van der Waals surface area contributed by atoms with Gasteiger partial charge in [0.05, 0.1) is 26.1 Å². The van der Waals surface area contributed by atoms with Crippen molar-refractivity contribution in [3.8, 4) is 0 Å². The summed E-state index contributed by atoms with van der Waals surface area (Å²) in [6.45, 7) is 2.79. The Morgan fingerprint density at radius 1 is 1.05 bits per heavy atom. The maximum Gasteiger partial charge on any atom is 0.306 e. The van der Waals surface area contributed by atoms with Crippen LogP contribution in [0.25, 0.3) is 0 Å². The Labute approximate surface area is 136 Å². The lowest BCUT2D eigenvalue weighted by atomic mass is 10.2. The van der Waals surface area contributed by atoms with Crippen molar-refractivity contribution in [3.05, 3.63) is 34.9 Å². The molecule has 0 bridgehead atoms. The number of hydrogen-bond acceptors (Lipinski definition) is 4. The Kier molecular flexibility index (Phi) is 9.31. The molecule has 22 heavy (non-hydrogen) atoms. The quantitative estimate of drug-likeness (QED) is 0.482. The van der Waals surface area contributed by atoms with E-state index in [9.17, 15) is 9.59 Å². The number of unbranched alkanes of at least 4 members (excludes halogenated alkanes) is 2. The number of carbonyl (C=O) groups excluding carboxylic acids is 2. The predicted octanol–water partition coefficient (Wildman–Crippen LogP) is 3.94. The van der Waals surface area contributed by atoms with Gasteiger partial charge in [-0.2, -0.15) is 0 Å². The van der Waals surface area contributed by atoms with Gasteiger partial charge in [-0.3, -0.25) is 9.59 Å². The molecule has 0 radical (unpaired) electrons. The Balaban J connectivity index is 2.09. The Morgan fingerprint density at radius 2 is 1.73 bits per heavy atom. The third-order valence-electron chi connectivity index (χ3n) is 3.09. The summed E-state index contributed by atoms with van der Waals surface area (Å²) >= 11 is 5.87. The van der Waals surface area contributed by atoms with Gasteiger partial charge in [0.2, 0.25) is 0 Å². The van der Waals surface area contributed by atoms with Gasteiger partial charge in [0, 0.05) is 11.4 Å². The van der Waals surface area contributed by atoms with Crippen molar-refractivity contribution in [1.82, 2.24) is 0 Å². The highest BCUT2D eigenvalue weighted by Crippen LogP contribution is 2.11. The van der Waals surface area contributed by atoms with Gasteiger partial charge in [0.15, 0.2) is 0 Å². The number of hydrogen-bond donors (Lipinski definition) is 0. The molecule has 0 aliphatic carbocycles. The normalized spacial score (nSPS) is 10.3. The summed E-state index contributed by atoms with van der Waals surface area (Å²) in [5, 5.41) is 0.662. The summed E-state index contributed by atoms with van der Waals surface area (Å²) in [5.74, 6) is -0.726. The van der Waals surface area contributed by atoms with Gasteiger partial charge in [0.1, 0.15) is 0 Å². The van der Waals surface area contributed by atoms with E-state index in [1.807, 2.05) is 18.2 Å². The fourth-order valence-corrected chi connectivity index (χ4v) is 2.07. The first-order valence-corrected chi connectivity index (χ1v) is 8.05. The van der Waals surface area contributed by atoms with Crippen molar-refractivity contribution in [3.63, 3.8) is 0 Å². The number of rotatable bonds is 10. The van der Waals surface area contributed by atoms with Crippen molar-refractivity contribution >= 4 is 23.5 Å². The third-order valence-corrected chi connectivity index (χ3v) is 3.32. The van der Waals surface area contributed by atoms with Crippen LogP contribution in [0.3, 0.4) is 0 Å². The second-order valence-corrected chi connectivity index (χ2v) is 5.46. The van der Waals surface area contributed by atoms with Crippen molar-refractivity contribution in [2.45, 2.75) is 45.4 Å². The van der Waals surface area contributed by atoms with Gasteiger partial charge in [0.25, 0.3) is 0 Å². The zero-order valence-corrected chi connectivity index (χ0v) is 13.7. The van der Waals surface area contributed by atoms with E-state index in [1.54, 1.807) is 6.07 Å². The van der Waals surface area contributed by atoms with E-state index >= 15 is 0 Å². The Bertz CT molecular complexity index is 473. The Hall–Kier alpha value is -1.55. The molecule has 5 heteroatoms. The van der Waals surface area contributed by atoms with E-state index in [0.717, 1.165) is 24.8 Å². The molecule has 4 nitrogen and oxygen atoms in total. The van der Waals surface area contributed by atoms with Gasteiger partial charge in [-0.15, -0.1) is 0 Å². The van der Waals surface area contributed by atoms with Crippen molar-refractivity contribution in [2.24, 2.45) is 0 Å². The first-order valence-electron chi connectivity index (χ1n) is 7.67. The van der Waals surface area contributed by atoms with Crippen LogP contribution >= 0.6 is 11.6 Å². The molecular weight excluding hydrogens is 304 g/mol. The topological polar surface area (TPSA) is 52.6 Å². The summed E-state index contributed by atoms with van der Waals surface area (Å²) < 4.78 is 10.1. The van der Waals surface area contributed by atoms with E-state index in [4.69, 9.17) is 21.1 Å². The maximum absolute atomic E-state index is 11.5. The molecule has 0 heterocycles. The summed E-state index contributed by atoms with van der Waals surface area (Å²) in [6, 6.07) is 7.41. The smallest absolute Gasteiger partial charge is 0.306 e. The summed E-state index contributed by atoms with van der Waals surface area (Å²) in [6.07, 6.45) is 3.72. The average Bonchev–Trinajstić information content (AvgIpc) is 2.50. The van der Waals surface area contributed by atoms with Crippen LogP contribution in [0.1, 0.15) is 44.6 Å². The minimum Gasteiger partial charge on any atom is -0.466 e. The fourth-order valence-electron chi connectivity index (χ4n) is 1.86. The van der Waals surface area contributed by atoms with Crippen LogP contribution in [0, 0.1) is 0 Å². The van der Waals surface area contributed by atoms with E-state index < -0.39 is 0 Å². The van der Waals surface area contributed by atoms with Gasteiger partial charge in [-0.05, 0) is 24.1 Å². The van der Waals surface area contributed by atoms with Crippen LogP contribution in [-0.4, -0.2) is 25.2 Å². The molecule has 1 rings (SSSR count). The minimum absolute atomic E-state index is 0.0577. The molecule has 0 atom stereocenters. The predicted molar refractivity (Wildman–Crippen MR) is 85.8 cm³/mol. The lowest BCUT2D eigenvalue weighted by Crippen LogP contribution is -2.12. The number of ether oxygens (including phenoxy) is 2. The number of carbonyl (C=O) groups is 2. The van der Waals surface area contributed by atoms with E-state index in [1.165, 1.54) is 0 Å². The molecule has 0 fully saturated rings. The molecule has 0 N–H and O–H groups in total. The maximum atomic E-state index is 11.5. The van der Waals surface area contributed by atoms with E-state index in [-0.39, 0.29) is 31.4 Å². The standard InChI is InChI=1S/C17H23ClO4/c1-2-3-4-11-21-16(19)8-9-17(20)22-12-10-14-6-5-7-15(18)13-14/h5-7,13H,2-4,8-12H2,1H3. The van der Waals surface area contributed by atoms with Gasteiger partial charge >= 0.3 is 11.9 Å². The zero-order valence-electron chi connectivity index (χ0n) is 13.0. The molecule has 0 aliphatic heterocycles. The molecule has 122 valence electrons. The fraction of sp³-hybridized carbons (Fsp3) is 0.529. The lowest BCUT2D eigenvalue weighted by Gasteiger charge is -2.06. The molecule has 1 aromatic rings. The highest BCUT2D eigenvalue weighted by molar-refractivity contribution is 6.30. The van der Waals surface area contributed by atoms with Crippen LogP contribution < -0.4 is 0 Å². The monoisotopic (exact) mass is 326 g/mol. The zero-order chi connectivity index (χ0) is 16.2. The van der Waals surface area contributed by atoms with Gasteiger partial charge in [-0.1, -0.05) is 43.5 Å². The summed E-state index contributed by atoms with van der Waals surface area (Å²) in [4.78, 5) is 22.9. The average molecular weight is 327 g/mol. The lowest BCUT2D eigenvalue weighted by molar-refractivity contribution is -0.150. The number of halogens is 1. The van der Waals surface area contributed by atoms with Crippen LogP contribution in [0.5, 0.6) is 0 Å². The van der Waals surface area contributed by atoms with Gasteiger partial charge < -0.3 is 9.47 Å². The minimum atomic E-state index is -0.382. The number of benzene rings is 1. The largest absolute Gasteiger partial charge is 0.466 e. The first kappa shape index (κ1) is 18.5. The first-order chi connectivity index (χ1) is 10.6.